The number of nitrogens with zero attached hydrogens (tertiary/aromatic N) is 1. The average Bonchev–Trinajstić information content (AvgIpc) is 3.58. The molecule has 3 aromatic rings. The summed E-state index contributed by atoms with van der Waals surface area (Å²) in [6, 6.07) is 18.6. The minimum atomic E-state index is -3.65. The highest BCUT2D eigenvalue weighted by Crippen LogP contribution is 2.59. The van der Waals surface area contributed by atoms with Gasteiger partial charge in [0.05, 0.1) is 24.2 Å². The molecule has 0 aliphatic heterocycles. The summed E-state index contributed by atoms with van der Waals surface area (Å²) in [6.45, 7) is 4.25. The lowest BCUT2D eigenvalue weighted by Gasteiger charge is -2.45. The van der Waals surface area contributed by atoms with E-state index in [9.17, 15) is 23.4 Å². The van der Waals surface area contributed by atoms with Crippen molar-refractivity contribution in [1.29, 1.82) is 0 Å². The molecule has 0 amide bonds. The zero-order valence-corrected chi connectivity index (χ0v) is 26.1. The topological polar surface area (TPSA) is 108 Å². The number of hydrogen-bond acceptors (Lipinski definition) is 6. The molecule has 7 nitrogen and oxygen atoms in total. The van der Waals surface area contributed by atoms with E-state index in [1.807, 2.05) is 48.5 Å². The van der Waals surface area contributed by atoms with Crippen LogP contribution in [0, 0.1) is 5.41 Å². The number of sulfonamides is 1. The quantitative estimate of drug-likeness (QED) is 0.252. The largest absolute Gasteiger partial charge is 0.461 e. The molecule has 2 bridgehead atoms. The third kappa shape index (κ3) is 6.73. The molecule has 6 rings (SSSR count). The molecule has 0 spiro atoms. The first-order chi connectivity index (χ1) is 20.4. The molecule has 2 aromatic carbocycles. The summed E-state index contributed by atoms with van der Waals surface area (Å²) in [4.78, 5) is 13.8. The van der Waals surface area contributed by atoms with E-state index in [1.54, 1.807) is 12.1 Å². The Balaban J connectivity index is 1.60. The van der Waals surface area contributed by atoms with Gasteiger partial charge in [0.15, 0.2) is 5.76 Å². The van der Waals surface area contributed by atoms with Crippen molar-refractivity contribution >= 4 is 15.8 Å². The van der Waals surface area contributed by atoms with Crippen LogP contribution >= 0.6 is 0 Å². The smallest absolute Gasteiger partial charge is 0.228 e. The van der Waals surface area contributed by atoms with Gasteiger partial charge in [-0.15, -0.1) is 0 Å². The van der Waals surface area contributed by atoms with Gasteiger partial charge >= 0.3 is 0 Å². The molecule has 0 unspecified atom stereocenters. The maximum Gasteiger partial charge on any atom is 0.228 e. The van der Waals surface area contributed by atoms with Crippen LogP contribution in [0.25, 0.3) is 0 Å². The summed E-state index contributed by atoms with van der Waals surface area (Å²) in [5, 5.41) is 23.3. The number of rotatable bonds is 7. The van der Waals surface area contributed by atoms with Crippen LogP contribution in [-0.4, -0.2) is 53.2 Å². The van der Waals surface area contributed by atoms with E-state index in [0.717, 1.165) is 23.1 Å². The van der Waals surface area contributed by atoms with Crippen molar-refractivity contribution in [1.82, 2.24) is 4.31 Å². The summed E-state index contributed by atoms with van der Waals surface area (Å²) in [6.07, 6.45) is 8.39. The highest BCUT2D eigenvalue weighted by molar-refractivity contribution is 7.88. The number of carbonyl (C=O) groups is 1. The first-order valence-corrected chi connectivity index (χ1v) is 17.0. The Hall–Kier alpha value is -3.04. The van der Waals surface area contributed by atoms with E-state index in [1.165, 1.54) is 22.4 Å². The number of hydrogen-bond donors (Lipinski definition) is 2. The Labute approximate surface area is 255 Å². The lowest BCUT2D eigenvalue weighted by Crippen LogP contribution is -2.53. The molecule has 4 atom stereocenters. The Morgan fingerprint density at radius 3 is 2.53 bits per heavy atom. The molecule has 1 aromatic heterocycles. The van der Waals surface area contributed by atoms with Gasteiger partial charge in [-0.25, -0.2) is 8.42 Å². The minimum absolute atomic E-state index is 0.0395. The SMILES string of the molecule is CC1=CCC[C@@]2(C)[C@@H](CC[C@@]2(O)CN(Cc2ccccc2)S(C)(=O)=O)c2ccc(cc2C(=O)c2ccco2)C[C@@H](O)CC1. The number of aliphatic hydroxyl groups excluding tert-OH is 1. The fourth-order valence-electron chi connectivity index (χ4n) is 7.11. The average molecular weight is 606 g/mol. The van der Waals surface area contributed by atoms with E-state index < -0.39 is 27.1 Å². The van der Waals surface area contributed by atoms with Crippen LogP contribution in [0.4, 0.5) is 0 Å². The van der Waals surface area contributed by atoms with Gasteiger partial charge in [0.25, 0.3) is 0 Å². The van der Waals surface area contributed by atoms with Crippen molar-refractivity contribution < 1.29 is 27.8 Å². The van der Waals surface area contributed by atoms with E-state index >= 15 is 0 Å². The summed E-state index contributed by atoms with van der Waals surface area (Å²) < 4.78 is 33.1. The maximum absolute atomic E-state index is 13.8. The molecule has 0 saturated heterocycles. The summed E-state index contributed by atoms with van der Waals surface area (Å²) in [5.41, 5.74) is 2.15. The highest BCUT2D eigenvalue weighted by Gasteiger charge is 2.58. The minimum Gasteiger partial charge on any atom is -0.461 e. The molecule has 0 radical (unpaired) electrons. The van der Waals surface area contributed by atoms with Gasteiger partial charge in [0, 0.05) is 24.1 Å². The van der Waals surface area contributed by atoms with Crippen LogP contribution in [0.1, 0.15) is 91.1 Å². The molecular weight excluding hydrogens is 562 g/mol. The predicted molar refractivity (Wildman–Crippen MR) is 167 cm³/mol. The standard InChI is InChI=1S/C35H43NO6S/c1-25-9-7-18-34(2)31(17-19-35(34,39)24-36(43(3,40)41)23-26-10-5-4-6-11-26)29-16-14-27(21-28(37)15-13-25)22-30(29)33(38)32-12-8-20-42-32/h4-6,8-12,14,16,20,22,28,31,37,39H,7,13,15,17-19,21,23-24H2,1-3H3/t28-,31-,34-,35+/m0/s1. The molecular formula is C35H43NO6S. The summed E-state index contributed by atoms with van der Waals surface area (Å²) in [5.74, 6) is -0.210. The number of aliphatic hydroxyl groups is 2. The van der Waals surface area contributed by atoms with Crippen molar-refractivity contribution in [2.45, 2.75) is 83.0 Å². The lowest BCUT2D eigenvalue weighted by atomic mass is 9.65. The molecule has 1 heterocycles. The van der Waals surface area contributed by atoms with E-state index in [0.29, 0.717) is 44.1 Å². The fraction of sp³-hybridized carbons (Fsp3) is 0.457. The highest BCUT2D eigenvalue weighted by atomic mass is 32.2. The number of ketones is 1. The molecule has 230 valence electrons. The van der Waals surface area contributed by atoms with Gasteiger partial charge in [0.2, 0.25) is 15.8 Å². The van der Waals surface area contributed by atoms with Crippen LogP contribution in [0.5, 0.6) is 0 Å². The van der Waals surface area contributed by atoms with Gasteiger partial charge < -0.3 is 14.6 Å². The second-order valence-corrected chi connectivity index (χ2v) is 14.8. The zero-order chi connectivity index (χ0) is 30.8. The van der Waals surface area contributed by atoms with Crippen LogP contribution in [0.2, 0.25) is 0 Å². The fourth-order valence-corrected chi connectivity index (χ4v) is 7.94. The number of fused-ring (bicyclic) bond motifs is 8. The third-order valence-electron chi connectivity index (χ3n) is 9.77. The predicted octanol–water partition coefficient (Wildman–Crippen LogP) is 6.01. The number of benzene rings is 2. The van der Waals surface area contributed by atoms with E-state index in [-0.39, 0.29) is 30.6 Å². The monoisotopic (exact) mass is 605 g/mol. The van der Waals surface area contributed by atoms with Crippen molar-refractivity contribution in [2.75, 3.05) is 12.8 Å². The summed E-state index contributed by atoms with van der Waals surface area (Å²) in [7, 11) is -3.65. The van der Waals surface area contributed by atoms with Gasteiger partial charge in [-0.1, -0.05) is 61.0 Å². The first kappa shape index (κ1) is 31.4. The normalized spacial score (nSPS) is 26.6. The zero-order valence-electron chi connectivity index (χ0n) is 25.3. The first-order valence-electron chi connectivity index (χ1n) is 15.2. The maximum atomic E-state index is 13.8. The molecule has 1 saturated carbocycles. The number of carbonyl (C=O) groups excluding carboxylic acids is 1. The van der Waals surface area contributed by atoms with Crippen LogP contribution in [-0.2, 0) is 23.0 Å². The lowest BCUT2D eigenvalue weighted by molar-refractivity contribution is -0.0731. The van der Waals surface area contributed by atoms with Gasteiger partial charge in [-0.2, -0.15) is 4.31 Å². The van der Waals surface area contributed by atoms with Crippen LogP contribution in [0.15, 0.2) is 83.0 Å². The van der Waals surface area contributed by atoms with Gasteiger partial charge in [-0.05, 0) is 92.7 Å². The van der Waals surface area contributed by atoms with Crippen molar-refractivity contribution in [3.05, 3.63) is 107 Å². The third-order valence-corrected chi connectivity index (χ3v) is 11.0. The van der Waals surface area contributed by atoms with E-state index in [4.69, 9.17) is 4.42 Å². The molecule has 43 heavy (non-hydrogen) atoms. The Morgan fingerprint density at radius 2 is 1.84 bits per heavy atom. The van der Waals surface area contributed by atoms with Crippen molar-refractivity contribution in [3.8, 4) is 0 Å². The van der Waals surface area contributed by atoms with Crippen molar-refractivity contribution in [2.24, 2.45) is 5.41 Å². The number of allylic oxidation sites excluding steroid dienone is 2. The van der Waals surface area contributed by atoms with Crippen molar-refractivity contribution in [3.63, 3.8) is 0 Å². The molecule has 3 aliphatic carbocycles. The van der Waals surface area contributed by atoms with E-state index in [2.05, 4.69) is 19.9 Å². The summed E-state index contributed by atoms with van der Waals surface area (Å²) >= 11 is 0. The Bertz CT molecular complexity index is 1560. The molecule has 3 aliphatic rings. The van der Waals surface area contributed by atoms with Crippen LogP contribution < -0.4 is 0 Å². The Kier molecular flexibility index (Phi) is 9.14. The van der Waals surface area contributed by atoms with Crippen LogP contribution in [0.3, 0.4) is 0 Å². The Morgan fingerprint density at radius 1 is 1.07 bits per heavy atom. The van der Waals surface area contributed by atoms with Gasteiger partial charge in [-0.3, -0.25) is 4.79 Å². The second kappa shape index (κ2) is 12.5. The second-order valence-electron chi connectivity index (χ2n) is 12.8. The molecule has 8 heteroatoms. The number of furan rings is 1. The molecule has 1 fully saturated rings. The van der Waals surface area contributed by atoms with Gasteiger partial charge in [0.1, 0.15) is 0 Å². The molecule has 2 N–H and O–H groups in total.